The summed E-state index contributed by atoms with van der Waals surface area (Å²) in [5.41, 5.74) is 0. The van der Waals surface area contributed by atoms with Gasteiger partial charge in [0.05, 0.1) is 42.7 Å². The van der Waals surface area contributed by atoms with E-state index < -0.39 is 47.9 Å². The first-order valence-corrected chi connectivity index (χ1v) is 16.6. The molecule has 0 aromatic heterocycles. The van der Waals surface area contributed by atoms with E-state index in [1.807, 2.05) is 0 Å². The maximum absolute atomic E-state index is 12.7. The van der Waals surface area contributed by atoms with Gasteiger partial charge >= 0.3 is 17.9 Å². The Morgan fingerprint density at radius 2 is 1.14 bits per heavy atom. The lowest BCUT2D eigenvalue weighted by molar-refractivity contribution is -0.338. The van der Waals surface area contributed by atoms with Gasteiger partial charge in [0.25, 0.3) is 0 Å². The lowest BCUT2D eigenvalue weighted by atomic mass is 9.78. The summed E-state index contributed by atoms with van der Waals surface area (Å²) in [7, 11) is 0. The Bertz CT molecular complexity index is 881. The van der Waals surface area contributed by atoms with E-state index in [-0.39, 0.29) is 31.2 Å². The molecule has 4 N–H and O–H groups in total. The highest BCUT2D eigenvalue weighted by atomic mass is 17.2. The Hall–Kier alpha value is -1.79. The van der Waals surface area contributed by atoms with Crippen LogP contribution in [0.25, 0.3) is 0 Å². The molecule has 0 bridgehead atoms. The van der Waals surface area contributed by atoms with E-state index in [2.05, 4.69) is 0 Å². The molecule has 4 aliphatic rings. The molecular formula is C32H52O11. The molecule has 11 nitrogen and oxygen atoms in total. The number of aliphatic hydroxyl groups excluding tert-OH is 2. The molecule has 11 heteroatoms. The van der Waals surface area contributed by atoms with Crippen molar-refractivity contribution in [3.8, 4) is 0 Å². The van der Waals surface area contributed by atoms with E-state index >= 15 is 0 Å². The van der Waals surface area contributed by atoms with E-state index in [9.17, 15) is 34.8 Å². The van der Waals surface area contributed by atoms with Gasteiger partial charge in [-0.1, -0.05) is 0 Å². The van der Waals surface area contributed by atoms with Gasteiger partial charge in [-0.15, -0.1) is 0 Å². The van der Waals surface area contributed by atoms with E-state index in [0.29, 0.717) is 43.9 Å². The highest BCUT2D eigenvalue weighted by Gasteiger charge is 2.41. The lowest BCUT2D eigenvalue weighted by Gasteiger charge is -2.33. The normalized spacial score (nSPS) is 37.0. The van der Waals surface area contributed by atoms with Crippen LogP contribution in [0.2, 0.25) is 0 Å². The van der Waals surface area contributed by atoms with Gasteiger partial charge < -0.3 is 29.9 Å². The summed E-state index contributed by atoms with van der Waals surface area (Å²) in [6.45, 7) is 1.65. The molecule has 0 spiro atoms. The third-order valence-electron chi connectivity index (χ3n) is 10.4. The van der Waals surface area contributed by atoms with Crippen molar-refractivity contribution in [2.45, 2.75) is 127 Å². The summed E-state index contributed by atoms with van der Waals surface area (Å²) in [6, 6.07) is 0. The second-order valence-corrected chi connectivity index (χ2v) is 13.5. The smallest absolute Gasteiger partial charge is 0.310 e. The van der Waals surface area contributed by atoms with E-state index in [4.69, 9.17) is 19.2 Å². The maximum Gasteiger partial charge on any atom is 0.310 e. The fourth-order valence-electron chi connectivity index (χ4n) is 7.58. The summed E-state index contributed by atoms with van der Waals surface area (Å²) in [5, 5.41) is 38.7. The van der Waals surface area contributed by atoms with Crippen molar-refractivity contribution in [3.63, 3.8) is 0 Å². The Morgan fingerprint density at radius 3 is 1.72 bits per heavy atom. The molecule has 0 amide bonds. The highest BCUT2D eigenvalue weighted by Crippen LogP contribution is 2.35. The second kappa shape index (κ2) is 17.1. The summed E-state index contributed by atoms with van der Waals surface area (Å²) in [6.07, 6.45) is 10.4. The van der Waals surface area contributed by atoms with E-state index in [1.54, 1.807) is 0 Å². The van der Waals surface area contributed by atoms with Crippen LogP contribution in [0, 0.1) is 35.5 Å². The van der Waals surface area contributed by atoms with Gasteiger partial charge in [0, 0.05) is 19.1 Å². The number of rotatable bonds is 14. The van der Waals surface area contributed by atoms with Crippen LogP contribution in [-0.2, 0) is 33.6 Å². The SMILES string of the molecule is O=C(O)C1CCC(O)CC1COOC1CCC(CCOCCC2CCC(OC(=O)C3CC(O)CCC3C(=O)O)CC2)CC1. The van der Waals surface area contributed by atoms with Gasteiger partial charge in [-0.3, -0.25) is 14.4 Å². The Labute approximate surface area is 254 Å². The summed E-state index contributed by atoms with van der Waals surface area (Å²) < 4.78 is 11.7. The van der Waals surface area contributed by atoms with Crippen molar-refractivity contribution < 1.29 is 54.1 Å². The second-order valence-electron chi connectivity index (χ2n) is 13.5. The molecule has 6 unspecified atom stereocenters. The third kappa shape index (κ3) is 10.7. The number of ether oxygens (including phenoxy) is 2. The zero-order valence-electron chi connectivity index (χ0n) is 25.4. The van der Waals surface area contributed by atoms with Crippen LogP contribution in [-0.4, -0.2) is 82.6 Å². The molecule has 4 saturated carbocycles. The first-order chi connectivity index (χ1) is 20.7. The van der Waals surface area contributed by atoms with Crippen LogP contribution in [0.5, 0.6) is 0 Å². The molecule has 0 heterocycles. The van der Waals surface area contributed by atoms with Crippen LogP contribution in [0.4, 0.5) is 0 Å². The van der Waals surface area contributed by atoms with Gasteiger partial charge in [-0.25, -0.2) is 9.78 Å². The minimum Gasteiger partial charge on any atom is -0.481 e. The molecule has 0 aromatic carbocycles. The number of carboxylic acids is 2. The lowest BCUT2D eigenvalue weighted by Crippen LogP contribution is -2.40. The first kappa shape index (κ1) is 34.1. The number of carboxylic acid groups (broad SMARTS) is 2. The molecule has 4 fully saturated rings. The number of carbonyl (C=O) groups excluding carboxylic acids is 1. The molecule has 0 aromatic rings. The number of hydrogen-bond acceptors (Lipinski definition) is 9. The van der Waals surface area contributed by atoms with E-state index in [0.717, 1.165) is 77.4 Å². The van der Waals surface area contributed by atoms with E-state index in [1.165, 1.54) is 0 Å². The van der Waals surface area contributed by atoms with Crippen LogP contribution in [0.1, 0.15) is 103 Å². The van der Waals surface area contributed by atoms with Gasteiger partial charge in [0.15, 0.2) is 0 Å². The number of carbonyl (C=O) groups is 3. The fourth-order valence-corrected chi connectivity index (χ4v) is 7.58. The average Bonchev–Trinajstić information content (AvgIpc) is 2.98. The van der Waals surface area contributed by atoms with Crippen molar-refractivity contribution in [1.82, 2.24) is 0 Å². The Balaban J connectivity index is 1.01. The molecular weight excluding hydrogens is 560 g/mol. The summed E-state index contributed by atoms with van der Waals surface area (Å²) in [5.74, 6) is -3.41. The third-order valence-corrected chi connectivity index (χ3v) is 10.4. The number of aliphatic hydroxyl groups is 2. The van der Waals surface area contributed by atoms with Crippen molar-refractivity contribution >= 4 is 17.9 Å². The van der Waals surface area contributed by atoms with Gasteiger partial charge in [-0.05, 0) is 115 Å². The first-order valence-electron chi connectivity index (χ1n) is 16.6. The quantitative estimate of drug-likeness (QED) is 0.0963. The summed E-state index contributed by atoms with van der Waals surface area (Å²) >= 11 is 0. The predicted octanol–water partition coefficient (Wildman–Crippen LogP) is 4.12. The Kier molecular flexibility index (Phi) is 13.5. The number of hydrogen-bond donors (Lipinski definition) is 4. The molecule has 0 saturated heterocycles. The standard InChI is InChI=1S/C32H52O11/c33-23-5-11-27(30(35)36)22(17-23)19-41-43-26-9-3-21(4-10-26)14-16-40-15-13-20-1-7-25(8-2-20)42-32(39)29-18-24(34)6-12-28(29)31(37)38/h20-29,33-34H,1-19H2,(H,35,36)(H,37,38). The van der Waals surface area contributed by atoms with Crippen LogP contribution >= 0.6 is 0 Å². The van der Waals surface area contributed by atoms with Crippen molar-refractivity contribution in [2.75, 3.05) is 19.8 Å². The number of esters is 1. The van der Waals surface area contributed by atoms with Gasteiger partial charge in [0.1, 0.15) is 6.10 Å². The predicted molar refractivity (Wildman–Crippen MR) is 154 cm³/mol. The average molecular weight is 613 g/mol. The largest absolute Gasteiger partial charge is 0.481 e. The maximum atomic E-state index is 12.7. The van der Waals surface area contributed by atoms with Gasteiger partial charge in [0.2, 0.25) is 0 Å². The molecule has 246 valence electrons. The zero-order valence-corrected chi connectivity index (χ0v) is 25.4. The number of aliphatic carboxylic acids is 2. The van der Waals surface area contributed by atoms with Crippen molar-refractivity contribution in [3.05, 3.63) is 0 Å². The molecule has 0 aliphatic heterocycles. The highest BCUT2D eigenvalue weighted by molar-refractivity contribution is 5.81. The van der Waals surface area contributed by atoms with Crippen LogP contribution in [0.3, 0.4) is 0 Å². The molecule has 0 radical (unpaired) electrons. The minimum absolute atomic E-state index is 0.0243. The van der Waals surface area contributed by atoms with Crippen LogP contribution in [0.15, 0.2) is 0 Å². The Morgan fingerprint density at radius 1 is 0.605 bits per heavy atom. The molecule has 43 heavy (non-hydrogen) atoms. The zero-order chi connectivity index (χ0) is 30.8. The molecule has 4 rings (SSSR count). The minimum atomic E-state index is -0.990. The monoisotopic (exact) mass is 612 g/mol. The van der Waals surface area contributed by atoms with Crippen molar-refractivity contribution in [1.29, 1.82) is 0 Å². The topological polar surface area (TPSA) is 169 Å². The summed E-state index contributed by atoms with van der Waals surface area (Å²) in [4.78, 5) is 46.8. The fraction of sp³-hybridized carbons (Fsp3) is 0.906. The molecule has 6 atom stereocenters. The van der Waals surface area contributed by atoms with Gasteiger partial charge in [-0.2, -0.15) is 0 Å². The molecule has 4 aliphatic carbocycles. The van der Waals surface area contributed by atoms with Crippen molar-refractivity contribution in [2.24, 2.45) is 35.5 Å². The van der Waals surface area contributed by atoms with Crippen LogP contribution < -0.4 is 0 Å².